The van der Waals surface area contributed by atoms with Crippen LogP contribution in [-0.2, 0) is 14.2 Å². The van der Waals surface area contributed by atoms with E-state index in [1.165, 1.54) is 0 Å². The van der Waals surface area contributed by atoms with E-state index >= 15 is 0 Å². The first kappa shape index (κ1) is 17.8. The van der Waals surface area contributed by atoms with Gasteiger partial charge in [-0.2, -0.15) is 0 Å². The molecule has 4 N–H and O–H groups in total. The molecule has 0 aromatic carbocycles. The van der Waals surface area contributed by atoms with Crippen LogP contribution in [0.25, 0.3) is 0 Å². The maximum absolute atomic E-state index is 10.1. The molecule has 6 atom stereocenters. The van der Waals surface area contributed by atoms with Gasteiger partial charge in [-0.1, -0.05) is 13.8 Å². The zero-order chi connectivity index (χ0) is 15.3. The number of ether oxygens (including phenoxy) is 3. The third-order valence-electron chi connectivity index (χ3n) is 3.28. The first-order valence-electron chi connectivity index (χ1n) is 6.98. The lowest BCUT2D eigenvalue weighted by Gasteiger charge is -2.39. The molecule has 1 aliphatic heterocycles. The summed E-state index contributed by atoms with van der Waals surface area (Å²) in [5, 5.41) is 38.7. The van der Waals surface area contributed by atoms with Crippen LogP contribution >= 0.6 is 0 Å². The highest BCUT2D eigenvalue weighted by atomic mass is 16.7. The van der Waals surface area contributed by atoms with Crippen molar-refractivity contribution in [3.8, 4) is 0 Å². The molecule has 7 heteroatoms. The van der Waals surface area contributed by atoms with Gasteiger partial charge < -0.3 is 34.6 Å². The molecule has 1 fully saturated rings. The topological polar surface area (TPSA) is 109 Å². The molecule has 0 saturated carbocycles. The fourth-order valence-electron chi connectivity index (χ4n) is 2.10. The fraction of sp³-hybridized carbons (Fsp3) is 1.00. The highest BCUT2D eigenvalue weighted by molar-refractivity contribution is 4.84. The van der Waals surface area contributed by atoms with Gasteiger partial charge in [0.2, 0.25) is 0 Å². The van der Waals surface area contributed by atoms with Crippen LogP contribution in [0.3, 0.4) is 0 Å². The monoisotopic (exact) mass is 294 g/mol. The molecular weight excluding hydrogens is 268 g/mol. The SMILES string of the molecule is CCOC(OC1C(O)CC(O)OC1CO)C(O)C(C)C. The van der Waals surface area contributed by atoms with Crippen molar-refractivity contribution in [1.29, 1.82) is 0 Å². The van der Waals surface area contributed by atoms with E-state index in [0.29, 0.717) is 6.61 Å². The average molecular weight is 294 g/mol. The smallest absolute Gasteiger partial charge is 0.184 e. The van der Waals surface area contributed by atoms with Crippen molar-refractivity contribution in [2.75, 3.05) is 13.2 Å². The van der Waals surface area contributed by atoms with E-state index in [9.17, 15) is 20.4 Å². The maximum Gasteiger partial charge on any atom is 0.184 e. The van der Waals surface area contributed by atoms with Crippen molar-refractivity contribution in [3.63, 3.8) is 0 Å². The number of aliphatic hydroxyl groups is 4. The first-order valence-corrected chi connectivity index (χ1v) is 6.98. The summed E-state index contributed by atoms with van der Waals surface area (Å²) in [4.78, 5) is 0. The summed E-state index contributed by atoms with van der Waals surface area (Å²) in [5.74, 6) is -0.0913. The van der Waals surface area contributed by atoms with Crippen LogP contribution in [0.1, 0.15) is 27.2 Å². The minimum atomic E-state index is -1.14. The van der Waals surface area contributed by atoms with Gasteiger partial charge in [0.15, 0.2) is 12.6 Å². The van der Waals surface area contributed by atoms with Crippen LogP contribution in [-0.4, -0.2) is 70.6 Å². The standard InChI is InChI=1S/C13H26O7/c1-4-18-13(11(17)7(2)3)20-12-8(15)5-10(16)19-9(12)6-14/h7-17H,4-6H2,1-3H3. The summed E-state index contributed by atoms with van der Waals surface area (Å²) in [6.07, 6.45) is -5.68. The second-order valence-electron chi connectivity index (χ2n) is 5.27. The molecule has 1 aliphatic rings. The molecule has 1 rings (SSSR count). The Balaban J connectivity index is 2.74. The Kier molecular flexibility index (Phi) is 7.32. The zero-order valence-corrected chi connectivity index (χ0v) is 12.2. The van der Waals surface area contributed by atoms with Gasteiger partial charge in [-0.3, -0.25) is 0 Å². The lowest BCUT2D eigenvalue weighted by Crippen LogP contribution is -2.54. The molecule has 7 nitrogen and oxygen atoms in total. The quantitative estimate of drug-likeness (QED) is 0.456. The van der Waals surface area contributed by atoms with Crippen molar-refractivity contribution in [3.05, 3.63) is 0 Å². The molecule has 0 aliphatic carbocycles. The molecular formula is C13H26O7. The summed E-state index contributed by atoms with van der Waals surface area (Å²) < 4.78 is 16.1. The van der Waals surface area contributed by atoms with Crippen LogP contribution in [0.15, 0.2) is 0 Å². The summed E-state index contributed by atoms with van der Waals surface area (Å²) in [5.41, 5.74) is 0. The largest absolute Gasteiger partial charge is 0.394 e. The van der Waals surface area contributed by atoms with Crippen molar-refractivity contribution < 1.29 is 34.6 Å². The molecule has 6 unspecified atom stereocenters. The predicted octanol–water partition coefficient (Wildman–Crippen LogP) is -0.788. The van der Waals surface area contributed by atoms with Crippen molar-refractivity contribution in [2.45, 2.75) is 64.2 Å². The molecule has 0 bridgehead atoms. The molecule has 0 amide bonds. The van der Waals surface area contributed by atoms with E-state index < -0.39 is 43.6 Å². The number of rotatable bonds is 7. The molecule has 1 heterocycles. The minimum Gasteiger partial charge on any atom is -0.394 e. The van der Waals surface area contributed by atoms with Crippen molar-refractivity contribution in [2.24, 2.45) is 5.92 Å². The Morgan fingerprint density at radius 2 is 1.95 bits per heavy atom. The molecule has 20 heavy (non-hydrogen) atoms. The lowest BCUT2D eigenvalue weighted by atomic mass is 10.0. The summed E-state index contributed by atoms with van der Waals surface area (Å²) in [7, 11) is 0. The first-order chi connectivity index (χ1) is 9.40. The van der Waals surface area contributed by atoms with E-state index in [2.05, 4.69) is 0 Å². The van der Waals surface area contributed by atoms with Crippen LogP contribution < -0.4 is 0 Å². The maximum atomic E-state index is 10.1. The highest BCUT2D eigenvalue weighted by Crippen LogP contribution is 2.24. The van der Waals surface area contributed by atoms with Crippen LogP contribution in [0.4, 0.5) is 0 Å². The van der Waals surface area contributed by atoms with Gasteiger partial charge in [0, 0.05) is 13.0 Å². The molecule has 1 saturated heterocycles. The van der Waals surface area contributed by atoms with Gasteiger partial charge in [0.05, 0.1) is 12.7 Å². The molecule has 0 aromatic rings. The average Bonchev–Trinajstić information content (AvgIpc) is 2.39. The van der Waals surface area contributed by atoms with Gasteiger partial charge in [-0.05, 0) is 12.8 Å². The Labute approximate surface area is 119 Å². The van der Waals surface area contributed by atoms with E-state index in [4.69, 9.17) is 14.2 Å². The van der Waals surface area contributed by atoms with Gasteiger partial charge in [-0.25, -0.2) is 0 Å². The van der Waals surface area contributed by atoms with Gasteiger partial charge in [-0.15, -0.1) is 0 Å². The molecule has 120 valence electrons. The third kappa shape index (κ3) is 4.63. The lowest BCUT2D eigenvalue weighted by molar-refractivity contribution is -0.300. The normalized spacial score (nSPS) is 34.2. The van der Waals surface area contributed by atoms with E-state index in [1.807, 2.05) is 13.8 Å². The second-order valence-corrected chi connectivity index (χ2v) is 5.27. The Morgan fingerprint density at radius 1 is 1.30 bits per heavy atom. The van der Waals surface area contributed by atoms with Crippen LogP contribution in [0.5, 0.6) is 0 Å². The van der Waals surface area contributed by atoms with Gasteiger partial charge in [0.1, 0.15) is 18.3 Å². The van der Waals surface area contributed by atoms with E-state index in [-0.39, 0.29) is 12.3 Å². The van der Waals surface area contributed by atoms with Gasteiger partial charge in [0.25, 0.3) is 0 Å². The fourth-order valence-corrected chi connectivity index (χ4v) is 2.10. The second kappa shape index (κ2) is 8.23. The summed E-state index contributed by atoms with van der Waals surface area (Å²) in [6, 6.07) is 0. The molecule has 0 spiro atoms. The zero-order valence-electron chi connectivity index (χ0n) is 12.2. The number of hydrogen-bond donors (Lipinski definition) is 4. The minimum absolute atomic E-state index is 0.0161. The predicted molar refractivity (Wildman–Crippen MR) is 69.7 cm³/mol. The van der Waals surface area contributed by atoms with Crippen molar-refractivity contribution in [1.82, 2.24) is 0 Å². The number of hydrogen-bond acceptors (Lipinski definition) is 7. The van der Waals surface area contributed by atoms with Crippen molar-refractivity contribution >= 4 is 0 Å². The molecule has 0 radical (unpaired) electrons. The molecule has 0 aromatic heterocycles. The van der Waals surface area contributed by atoms with Gasteiger partial charge >= 0.3 is 0 Å². The van der Waals surface area contributed by atoms with Crippen LogP contribution in [0, 0.1) is 5.92 Å². The summed E-state index contributed by atoms with van der Waals surface area (Å²) in [6.45, 7) is 5.34. The number of aliphatic hydroxyl groups excluding tert-OH is 4. The Morgan fingerprint density at radius 3 is 2.45 bits per heavy atom. The Hall–Kier alpha value is -0.280. The van der Waals surface area contributed by atoms with E-state index in [0.717, 1.165) is 0 Å². The highest BCUT2D eigenvalue weighted by Gasteiger charge is 2.40. The summed E-state index contributed by atoms with van der Waals surface area (Å²) >= 11 is 0. The van der Waals surface area contributed by atoms with E-state index in [1.54, 1.807) is 6.92 Å². The third-order valence-corrected chi connectivity index (χ3v) is 3.28. The Bertz CT molecular complexity index is 273. The van der Waals surface area contributed by atoms with Crippen LogP contribution in [0.2, 0.25) is 0 Å².